The molecule has 2 atom stereocenters. The Morgan fingerprint density at radius 3 is 2.73 bits per heavy atom. The number of hydrogen-bond donors (Lipinski definition) is 1. The van der Waals surface area contributed by atoms with Gasteiger partial charge in [-0.3, -0.25) is 0 Å². The van der Waals surface area contributed by atoms with Crippen LogP contribution in [0.2, 0.25) is 0 Å². The van der Waals surface area contributed by atoms with Crippen LogP contribution in [0.3, 0.4) is 0 Å². The number of allylic oxidation sites excluding steroid dienone is 1. The van der Waals surface area contributed by atoms with Crippen molar-refractivity contribution in [3.05, 3.63) is 33.9 Å². The molecular formula is C17H22BrNO3. The highest BCUT2D eigenvalue weighted by molar-refractivity contribution is 9.10. The van der Waals surface area contributed by atoms with Gasteiger partial charge in [0.1, 0.15) is 0 Å². The second kappa shape index (κ2) is 5.78. The lowest BCUT2D eigenvalue weighted by atomic mass is 9.70. The standard InChI is InChI=1S/C17H22BrNO3/c1-19-7-6-17(5-4-12(20)10-15(17)19)11-8-13(18)16(22-3)14(9-11)21-2/h8-10,12,20H,4-7H2,1-3H3/t12-,17-/m0/s1. The van der Waals surface area contributed by atoms with Crippen LogP contribution in [0, 0.1) is 0 Å². The number of aliphatic hydroxyl groups excluding tert-OH is 1. The zero-order chi connectivity index (χ0) is 15.9. The van der Waals surface area contributed by atoms with Crippen LogP contribution in [-0.4, -0.2) is 43.9 Å². The van der Waals surface area contributed by atoms with Crippen LogP contribution >= 0.6 is 15.9 Å². The highest BCUT2D eigenvalue weighted by Crippen LogP contribution is 2.51. The fourth-order valence-corrected chi connectivity index (χ4v) is 4.41. The number of hydrogen-bond acceptors (Lipinski definition) is 4. The summed E-state index contributed by atoms with van der Waals surface area (Å²) in [5.41, 5.74) is 2.42. The van der Waals surface area contributed by atoms with Crippen LogP contribution in [0.5, 0.6) is 11.5 Å². The van der Waals surface area contributed by atoms with Crippen LogP contribution in [0.1, 0.15) is 24.8 Å². The van der Waals surface area contributed by atoms with Gasteiger partial charge in [-0.1, -0.05) is 0 Å². The molecule has 3 rings (SSSR count). The van der Waals surface area contributed by atoms with Crippen LogP contribution in [0.15, 0.2) is 28.4 Å². The molecule has 0 aromatic heterocycles. The fraction of sp³-hybridized carbons (Fsp3) is 0.529. The van der Waals surface area contributed by atoms with Gasteiger partial charge in [0.25, 0.3) is 0 Å². The maximum atomic E-state index is 10.0. The van der Waals surface area contributed by atoms with Crippen molar-refractivity contribution < 1.29 is 14.6 Å². The van der Waals surface area contributed by atoms with Crippen molar-refractivity contribution in [2.75, 3.05) is 27.8 Å². The van der Waals surface area contributed by atoms with E-state index in [1.54, 1.807) is 14.2 Å². The Morgan fingerprint density at radius 2 is 2.05 bits per heavy atom. The molecule has 22 heavy (non-hydrogen) atoms. The lowest BCUT2D eigenvalue weighted by molar-refractivity contribution is 0.181. The van der Waals surface area contributed by atoms with Gasteiger partial charge in [0.2, 0.25) is 0 Å². The molecular weight excluding hydrogens is 346 g/mol. The van der Waals surface area contributed by atoms with Gasteiger partial charge in [0.05, 0.1) is 24.8 Å². The summed E-state index contributed by atoms with van der Waals surface area (Å²) in [4.78, 5) is 2.26. The molecule has 0 radical (unpaired) electrons. The number of methoxy groups -OCH3 is 2. The number of likely N-dealkylation sites (tertiary alicyclic amines) is 1. The number of ether oxygens (including phenoxy) is 2. The Bertz CT molecular complexity index is 616. The number of fused-ring (bicyclic) bond motifs is 1. The molecule has 120 valence electrons. The second-order valence-electron chi connectivity index (χ2n) is 6.11. The molecule has 1 fully saturated rings. The third kappa shape index (κ3) is 2.31. The quantitative estimate of drug-likeness (QED) is 0.891. The van der Waals surface area contributed by atoms with Gasteiger partial charge < -0.3 is 19.5 Å². The van der Waals surface area contributed by atoms with E-state index in [4.69, 9.17) is 9.47 Å². The Balaban J connectivity index is 2.14. The summed E-state index contributed by atoms with van der Waals surface area (Å²) in [7, 11) is 5.40. The van der Waals surface area contributed by atoms with E-state index < -0.39 is 0 Å². The summed E-state index contributed by atoms with van der Waals surface area (Å²) >= 11 is 3.60. The van der Waals surface area contributed by atoms with Gasteiger partial charge in [-0.2, -0.15) is 0 Å². The molecule has 5 heteroatoms. The van der Waals surface area contributed by atoms with Crippen LogP contribution in [-0.2, 0) is 5.41 Å². The van der Waals surface area contributed by atoms with E-state index in [1.807, 2.05) is 6.08 Å². The minimum atomic E-state index is -0.341. The predicted molar refractivity (Wildman–Crippen MR) is 89.5 cm³/mol. The first kappa shape index (κ1) is 15.7. The summed E-state index contributed by atoms with van der Waals surface area (Å²) in [5.74, 6) is 1.46. The summed E-state index contributed by atoms with van der Waals surface area (Å²) in [5, 5.41) is 10.0. The molecule has 0 spiro atoms. The molecule has 4 nitrogen and oxygen atoms in total. The van der Waals surface area contributed by atoms with Crippen LogP contribution in [0.25, 0.3) is 0 Å². The number of likely N-dealkylation sites (N-methyl/N-ethyl adjacent to an activating group) is 1. The van der Waals surface area contributed by atoms with Crippen molar-refractivity contribution in [1.29, 1.82) is 0 Å². The molecule has 0 bridgehead atoms. The van der Waals surface area contributed by atoms with E-state index in [0.717, 1.165) is 41.8 Å². The highest BCUT2D eigenvalue weighted by Gasteiger charge is 2.45. The first-order valence-electron chi connectivity index (χ1n) is 7.55. The molecule has 1 heterocycles. The van der Waals surface area contributed by atoms with Crippen molar-refractivity contribution in [2.24, 2.45) is 0 Å². The van der Waals surface area contributed by atoms with Crippen LogP contribution < -0.4 is 9.47 Å². The lowest BCUT2D eigenvalue weighted by Crippen LogP contribution is -2.33. The topological polar surface area (TPSA) is 41.9 Å². The highest BCUT2D eigenvalue weighted by atomic mass is 79.9. The maximum Gasteiger partial charge on any atom is 0.174 e. The first-order chi connectivity index (χ1) is 10.5. The molecule has 1 aromatic rings. The summed E-state index contributed by atoms with van der Waals surface area (Å²) in [6.45, 7) is 1.00. The average molecular weight is 368 g/mol. The molecule has 0 saturated carbocycles. The fourth-order valence-electron chi connectivity index (χ4n) is 3.80. The van der Waals surface area contributed by atoms with Crippen molar-refractivity contribution >= 4 is 15.9 Å². The zero-order valence-corrected chi connectivity index (χ0v) is 14.8. The first-order valence-corrected chi connectivity index (χ1v) is 8.34. The molecule has 0 unspecified atom stereocenters. The number of halogens is 1. The van der Waals surface area contributed by atoms with Crippen molar-refractivity contribution in [3.8, 4) is 11.5 Å². The van der Waals surface area contributed by atoms with E-state index >= 15 is 0 Å². The molecule has 1 aliphatic carbocycles. The normalized spacial score (nSPS) is 27.4. The number of nitrogens with zero attached hydrogens (tertiary/aromatic N) is 1. The van der Waals surface area contributed by atoms with Gasteiger partial charge >= 0.3 is 0 Å². The summed E-state index contributed by atoms with van der Waals surface area (Å²) < 4.78 is 11.8. The third-order valence-corrected chi connectivity index (χ3v) is 5.57. The molecule has 1 saturated heterocycles. The molecule has 1 N–H and O–H groups in total. The predicted octanol–water partition coefficient (Wildman–Crippen LogP) is 3.08. The minimum Gasteiger partial charge on any atom is -0.493 e. The van der Waals surface area contributed by atoms with Gasteiger partial charge in [-0.05, 0) is 59.0 Å². The third-order valence-electron chi connectivity index (χ3n) is 4.98. The van der Waals surface area contributed by atoms with Gasteiger partial charge in [-0.25, -0.2) is 0 Å². The number of rotatable bonds is 3. The smallest absolute Gasteiger partial charge is 0.174 e. The summed E-state index contributed by atoms with van der Waals surface area (Å²) in [6, 6.07) is 4.21. The van der Waals surface area contributed by atoms with E-state index in [9.17, 15) is 5.11 Å². The lowest BCUT2D eigenvalue weighted by Gasteiger charge is -2.37. The van der Waals surface area contributed by atoms with Gasteiger partial charge in [0, 0.05) is 24.7 Å². The van der Waals surface area contributed by atoms with Crippen LogP contribution in [0.4, 0.5) is 0 Å². The van der Waals surface area contributed by atoms with E-state index in [1.165, 1.54) is 11.3 Å². The monoisotopic (exact) mass is 367 g/mol. The Labute approximate surface area is 139 Å². The van der Waals surface area contributed by atoms with Crippen molar-refractivity contribution in [2.45, 2.75) is 30.8 Å². The van der Waals surface area contributed by atoms with Crippen molar-refractivity contribution in [3.63, 3.8) is 0 Å². The maximum absolute atomic E-state index is 10.0. The minimum absolute atomic E-state index is 0.0317. The number of aliphatic hydroxyl groups is 1. The van der Waals surface area contributed by atoms with E-state index in [0.29, 0.717) is 0 Å². The largest absolute Gasteiger partial charge is 0.493 e. The van der Waals surface area contributed by atoms with Crippen molar-refractivity contribution in [1.82, 2.24) is 4.90 Å². The Hall–Kier alpha value is -1.20. The van der Waals surface area contributed by atoms with E-state index in [2.05, 4.69) is 40.0 Å². The molecule has 2 aliphatic rings. The average Bonchev–Trinajstić information content (AvgIpc) is 2.84. The van der Waals surface area contributed by atoms with Gasteiger partial charge in [-0.15, -0.1) is 0 Å². The number of benzene rings is 1. The zero-order valence-electron chi connectivity index (χ0n) is 13.2. The molecule has 0 amide bonds. The Morgan fingerprint density at radius 1 is 1.27 bits per heavy atom. The second-order valence-corrected chi connectivity index (χ2v) is 6.96. The Kier molecular flexibility index (Phi) is 4.12. The van der Waals surface area contributed by atoms with E-state index in [-0.39, 0.29) is 11.5 Å². The molecule has 1 aromatic carbocycles. The molecule has 1 aliphatic heterocycles. The summed E-state index contributed by atoms with van der Waals surface area (Å²) in [6.07, 6.45) is 4.48. The SMILES string of the molecule is COc1cc([C@@]23CC[C@H](O)C=C2N(C)CC3)cc(Br)c1OC. The van der Waals surface area contributed by atoms with Gasteiger partial charge in [0.15, 0.2) is 11.5 Å².